The molecule has 0 radical (unpaired) electrons. The van der Waals surface area contributed by atoms with Gasteiger partial charge < -0.3 is 14.8 Å². The average Bonchev–Trinajstić information content (AvgIpc) is 2.47. The van der Waals surface area contributed by atoms with Gasteiger partial charge in [0.1, 0.15) is 6.04 Å². The van der Waals surface area contributed by atoms with E-state index in [9.17, 15) is 0 Å². The summed E-state index contributed by atoms with van der Waals surface area (Å²) in [4.78, 5) is 0. The van der Waals surface area contributed by atoms with E-state index >= 15 is 0 Å². The zero-order valence-electron chi connectivity index (χ0n) is 13.2. The van der Waals surface area contributed by atoms with Gasteiger partial charge in [0.2, 0.25) is 0 Å². The molecule has 0 fully saturated rings. The molecule has 1 aliphatic heterocycles. The summed E-state index contributed by atoms with van der Waals surface area (Å²) in [6.45, 7) is 11.2. The predicted molar refractivity (Wildman–Crippen MR) is 81.5 cm³/mol. The number of nitrogens with two attached hydrogens (primary N) is 1. The molecule has 0 saturated carbocycles. The number of rotatable bonds is 6. The third-order valence-electron chi connectivity index (χ3n) is 4.26. The van der Waals surface area contributed by atoms with Crippen molar-refractivity contribution in [3.05, 3.63) is 23.3 Å². The molecule has 1 aromatic rings. The van der Waals surface area contributed by atoms with Crippen LogP contribution in [0.2, 0.25) is 0 Å². The monoisotopic (exact) mass is 278 g/mol. The first-order valence-electron chi connectivity index (χ1n) is 7.96. The van der Waals surface area contributed by atoms with Crippen molar-refractivity contribution in [1.82, 2.24) is 0 Å². The molecule has 0 unspecified atom stereocenters. The number of hydrogen-bond acceptors (Lipinski definition) is 2. The molecular formula is C17H28NO2+. The topological polar surface area (TPSA) is 35.1 Å². The number of ether oxygens (including phenoxy) is 2. The van der Waals surface area contributed by atoms with E-state index in [1.54, 1.807) is 0 Å². The first-order valence-corrected chi connectivity index (χ1v) is 7.96. The van der Waals surface area contributed by atoms with Crippen LogP contribution in [0.1, 0.15) is 51.3 Å². The summed E-state index contributed by atoms with van der Waals surface area (Å²) < 4.78 is 11.5. The van der Waals surface area contributed by atoms with Crippen LogP contribution in [0.15, 0.2) is 12.1 Å². The van der Waals surface area contributed by atoms with Crippen LogP contribution in [0, 0.1) is 5.92 Å². The second kappa shape index (κ2) is 6.98. The summed E-state index contributed by atoms with van der Waals surface area (Å²) in [6.07, 6.45) is 2.33. The Morgan fingerprint density at radius 3 is 2.40 bits per heavy atom. The van der Waals surface area contributed by atoms with Crippen molar-refractivity contribution in [2.45, 2.75) is 46.6 Å². The predicted octanol–water partition coefficient (Wildman–Crippen LogP) is 2.69. The van der Waals surface area contributed by atoms with Gasteiger partial charge in [0.25, 0.3) is 0 Å². The molecule has 0 amide bonds. The Labute approximate surface area is 122 Å². The SMILES string of the molecule is CCOc1cc2c(cc1OCC)[C@@H]([C@@H](C)CC)[NH2+]CC2. The molecule has 112 valence electrons. The van der Waals surface area contributed by atoms with Crippen molar-refractivity contribution < 1.29 is 14.8 Å². The van der Waals surface area contributed by atoms with Gasteiger partial charge in [0.05, 0.1) is 19.8 Å². The second-order valence-electron chi connectivity index (χ2n) is 5.55. The first kappa shape index (κ1) is 15.2. The van der Waals surface area contributed by atoms with Gasteiger partial charge in [-0.3, -0.25) is 0 Å². The molecule has 2 N–H and O–H groups in total. The number of hydrogen-bond donors (Lipinski definition) is 1. The summed E-state index contributed by atoms with van der Waals surface area (Å²) in [6, 6.07) is 4.97. The lowest BCUT2D eigenvalue weighted by atomic mass is 9.85. The van der Waals surface area contributed by atoms with Gasteiger partial charge in [0.15, 0.2) is 11.5 Å². The van der Waals surface area contributed by atoms with E-state index < -0.39 is 0 Å². The van der Waals surface area contributed by atoms with Crippen LogP contribution in [-0.2, 0) is 6.42 Å². The molecule has 2 rings (SSSR count). The summed E-state index contributed by atoms with van der Waals surface area (Å²) in [5, 5.41) is 2.48. The Balaban J connectivity index is 2.40. The maximum absolute atomic E-state index is 5.78. The third-order valence-corrected chi connectivity index (χ3v) is 4.26. The molecule has 0 saturated heterocycles. The molecule has 1 heterocycles. The Hall–Kier alpha value is -1.22. The molecule has 20 heavy (non-hydrogen) atoms. The van der Waals surface area contributed by atoms with E-state index in [0.717, 1.165) is 17.9 Å². The van der Waals surface area contributed by atoms with Crippen LogP contribution in [0.3, 0.4) is 0 Å². The summed E-state index contributed by atoms with van der Waals surface area (Å²) in [5.41, 5.74) is 2.88. The van der Waals surface area contributed by atoms with E-state index in [2.05, 4.69) is 31.3 Å². The van der Waals surface area contributed by atoms with E-state index in [4.69, 9.17) is 9.47 Å². The van der Waals surface area contributed by atoms with Gasteiger partial charge in [0, 0.05) is 17.9 Å². The van der Waals surface area contributed by atoms with Gasteiger partial charge in [-0.25, -0.2) is 0 Å². The highest BCUT2D eigenvalue weighted by molar-refractivity contribution is 5.49. The summed E-state index contributed by atoms with van der Waals surface area (Å²) in [7, 11) is 0. The van der Waals surface area contributed by atoms with Crippen molar-refractivity contribution in [2.75, 3.05) is 19.8 Å². The molecule has 0 bridgehead atoms. The highest BCUT2D eigenvalue weighted by Gasteiger charge is 2.29. The normalized spacial score (nSPS) is 19.3. The quantitative estimate of drug-likeness (QED) is 0.868. The second-order valence-corrected chi connectivity index (χ2v) is 5.55. The van der Waals surface area contributed by atoms with E-state index in [-0.39, 0.29) is 0 Å². The zero-order valence-corrected chi connectivity index (χ0v) is 13.2. The van der Waals surface area contributed by atoms with Crippen molar-refractivity contribution in [1.29, 1.82) is 0 Å². The van der Waals surface area contributed by atoms with E-state index in [0.29, 0.717) is 25.2 Å². The van der Waals surface area contributed by atoms with Gasteiger partial charge in [-0.2, -0.15) is 0 Å². The van der Waals surface area contributed by atoms with Crippen LogP contribution in [0.25, 0.3) is 0 Å². The highest BCUT2D eigenvalue weighted by atomic mass is 16.5. The number of quaternary nitrogens is 1. The molecule has 1 aromatic carbocycles. The third kappa shape index (κ3) is 3.09. The largest absolute Gasteiger partial charge is 0.490 e. The fraction of sp³-hybridized carbons (Fsp3) is 0.647. The lowest BCUT2D eigenvalue weighted by molar-refractivity contribution is -0.705. The van der Waals surface area contributed by atoms with Crippen LogP contribution < -0.4 is 14.8 Å². The minimum Gasteiger partial charge on any atom is -0.490 e. The Kier molecular flexibility index (Phi) is 5.30. The summed E-state index contributed by atoms with van der Waals surface area (Å²) in [5.74, 6) is 2.48. The van der Waals surface area contributed by atoms with Crippen LogP contribution in [0.5, 0.6) is 11.5 Å². The van der Waals surface area contributed by atoms with E-state index in [1.165, 1.54) is 24.1 Å². The lowest BCUT2D eigenvalue weighted by Gasteiger charge is -2.29. The standard InChI is InChI=1S/C17H27NO2/c1-5-12(4)17-14-11-16(20-7-3)15(19-6-2)10-13(14)8-9-18-17/h10-12,17-18H,5-9H2,1-4H3/p+1/t12-,17+/m0/s1. The Morgan fingerprint density at radius 2 is 1.80 bits per heavy atom. The molecule has 1 aliphatic rings. The number of benzene rings is 1. The van der Waals surface area contributed by atoms with Gasteiger partial charge in [-0.15, -0.1) is 0 Å². The minimum absolute atomic E-state index is 0.554. The maximum atomic E-state index is 5.78. The lowest BCUT2D eigenvalue weighted by Crippen LogP contribution is -2.88. The molecule has 3 heteroatoms. The van der Waals surface area contributed by atoms with Crippen molar-refractivity contribution >= 4 is 0 Å². The van der Waals surface area contributed by atoms with Crippen LogP contribution >= 0.6 is 0 Å². The minimum atomic E-state index is 0.554. The van der Waals surface area contributed by atoms with E-state index in [1.807, 2.05) is 13.8 Å². The summed E-state index contributed by atoms with van der Waals surface area (Å²) >= 11 is 0. The average molecular weight is 278 g/mol. The highest BCUT2D eigenvalue weighted by Crippen LogP contribution is 2.36. The van der Waals surface area contributed by atoms with Gasteiger partial charge >= 0.3 is 0 Å². The van der Waals surface area contributed by atoms with Gasteiger partial charge in [-0.1, -0.05) is 13.8 Å². The molecule has 2 atom stereocenters. The Morgan fingerprint density at radius 1 is 1.15 bits per heavy atom. The first-order chi connectivity index (χ1) is 9.71. The van der Waals surface area contributed by atoms with Gasteiger partial charge in [-0.05, 0) is 38.0 Å². The van der Waals surface area contributed by atoms with Crippen molar-refractivity contribution in [2.24, 2.45) is 5.92 Å². The van der Waals surface area contributed by atoms with Crippen LogP contribution in [-0.4, -0.2) is 19.8 Å². The molecule has 3 nitrogen and oxygen atoms in total. The van der Waals surface area contributed by atoms with Crippen molar-refractivity contribution in [3.63, 3.8) is 0 Å². The fourth-order valence-electron chi connectivity index (χ4n) is 3.02. The fourth-order valence-corrected chi connectivity index (χ4v) is 3.02. The zero-order chi connectivity index (χ0) is 14.5. The molecular weight excluding hydrogens is 250 g/mol. The Bertz CT molecular complexity index is 445. The smallest absolute Gasteiger partial charge is 0.161 e. The van der Waals surface area contributed by atoms with Crippen molar-refractivity contribution in [3.8, 4) is 11.5 Å². The molecule has 0 aromatic heterocycles. The maximum Gasteiger partial charge on any atom is 0.161 e. The molecule has 0 aliphatic carbocycles. The molecule has 0 spiro atoms. The number of fused-ring (bicyclic) bond motifs is 1. The van der Waals surface area contributed by atoms with Crippen LogP contribution in [0.4, 0.5) is 0 Å².